The lowest BCUT2D eigenvalue weighted by molar-refractivity contribution is -0.123. The van der Waals surface area contributed by atoms with Crippen molar-refractivity contribution in [2.24, 2.45) is 5.73 Å². The first-order chi connectivity index (χ1) is 6.71. The molecule has 2 rings (SSSR count). The van der Waals surface area contributed by atoms with Gasteiger partial charge in [-0.25, -0.2) is 4.98 Å². The van der Waals surface area contributed by atoms with Crippen LogP contribution in [0.15, 0.2) is 18.7 Å². The number of carbonyl (C=O) groups is 1. The zero-order chi connectivity index (χ0) is 10.0. The van der Waals surface area contributed by atoms with Crippen molar-refractivity contribution in [3.63, 3.8) is 0 Å². The predicted octanol–water partition coefficient (Wildman–Crippen LogP) is -0.509. The zero-order valence-electron chi connectivity index (χ0n) is 7.94. The normalized spacial score (nSPS) is 17.8. The fraction of sp³-hybridized carbons (Fsp3) is 0.556. The van der Waals surface area contributed by atoms with Crippen molar-refractivity contribution in [3.8, 4) is 0 Å². The number of carbonyl (C=O) groups excluding carboxylic acids is 1. The van der Waals surface area contributed by atoms with E-state index in [9.17, 15) is 4.79 Å². The van der Waals surface area contributed by atoms with Gasteiger partial charge in [0, 0.05) is 25.5 Å². The molecule has 1 heterocycles. The minimum absolute atomic E-state index is 0.0300. The first-order valence-corrected chi connectivity index (χ1v) is 4.74. The lowest BCUT2D eigenvalue weighted by atomic mass is 10.3. The minimum atomic E-state index is -0.561. The van der Waals surface area contributed by atoms with Crippen LogP contribution in [0.1, 0.15) is 12.8 Å². The first-order valence-electron chi connectivity index (χ1n) is 4.74. The zero-order valence-corrected chi connectivity index (χ0v) is 7.94. The lowest BCUT2D eigenvalue weighted by Gasteiger charge is -2.09. The van der Waals surface area contributed by atoms with Crippen LogP contribution in [0.4, 0.5) is 0 Å². The Balaban J connectivity index is 1.71. The summed E-state index contributed by atoms with van der Waals surface area (Å²) in [4.78, 5) is 15.3. The van der Waals surface area contributed by atoms with Crippen molar-refractivity contribution in [1.82, 2.24) is 14.9 Å². The third kappa shape index (κ3) is 1.93. The standard InChI is InChI=1S/C9H14N4O/c10-9(1-2-9)8(14)12-4-6-13-5-3-11-7-13/h3,5,7H,1-2,4,6,10H2,(H,12,14). The third-order valence-corrected chi connectivity index (χ3v) is 2.46. The Labute approximate surface area is 82.3 Å². The number of amides is 1. The van der Waals surface area contributed by atoms with Crippen molar-refractivity contribution in [3.05, 3.63) is 18.7 Å². The number of nitrogens with zero attached hydrogens (tertiary/aromatic N) is 2. The molecule has 1 aromatic heterocycles. The van der Waals surface area contributed by atoms with Crippen LogP contribution in [0.3, 0.4) is 0 Å². The Hall–Kier alpha value is -1.36. The molecular weight excluding hydrogens is 180 g/mol. The Kier molecular flexibility index (Phi) is 2.25. The molecule has 0 aliphatic heterocycles. The molecule has 0 bridgehead atoms. The van der Waals surface area contributed by atoms with Gasteiger partial charge in [-0.2, -0.15) is 0 Å². The molecule has 5 heteroatoms. The van der Waals surface area contributed by atoms with Gasteiger partial charge in [-0.3, -0.25) is 4.79 Å². The van der Waals surface area contributed by atoms with Gasteiger partial charge in [-0.05, 0) is 12.8 Å². The van der Waals surface area contributed by atoms with Crippen molar-refractivity contribution in [2.45, 2.75) is 24.9 Å². The second-order valence-electron chi connectivity index (χ2n) is 3.71. The number of imidazole rings is 1. The molecule has 0 unspecified atom stereocenters. The average molecular weight is 194 g/mol. The molecule has 0 aromatic carbocycles. The van der Waals surface area contributed by atoms with Crippen LogP contribution in [-0.2, 0) is 11.3 Å². The molecule has 0 spiro atoms. The molecule has 0 saturated heterocycles. The maximum atomic E-state index is 11.4. The van der Waals surface area contributed by atoms with E-state index >= 15 is 0 Å². The quantitative estimate of drug-likeness (QED) is 0.678. The molecule has 76 valence electrons. The highest BCUT2D eigenvalue weighted by Gasteiger charge is 2.45. The van der Waals surface area contributed by atoms with Crippen molar-refractivity contribution in [1.29, 1.82) is 0 Å². The predicted molar refractivity (Wildman–Crippen MR) is 51.4 cm³/mol. The van der Waals surface area contributed by atoms with E-state index in [0.717, 1.165) is 19.4 Å². The molecule has 5 nitrogen and oxygen atoms in total. The number of hydrogen-bond donors (Lipinski definition) is 2. The lowest BCUT2D eigenvalue weighted by Crippen LogP contribution is -2.43. The van der Waals surface area contributed by atoms with Gasteiger partial charge < -0.3 is 15.6 Å². The van der Waals surface area contributed by atoms with Gasteiger partial charge in [0.25, 0.3) is 0 Å². The summed E-state index contributed by atoms with van der Waals surface area (Å²) in [5, 5.41) is 2.81. The van der Waals surface area contributed by atoms with Crippen molar-refractivity contribution < 1.29 is 4.79 Å². The summed E-state index contributed by atoms with van der Waals surface area (Å²) in [7, 11) is 0. The highest BCUT2D eigenvalue weighted by atomic mass is 16.2. The number of aromatic nitrogens is 2. The van der Waals surface area contributed by atoms with Crippen LogP contribution in [0.25, 0.3) is 0 Å². The molecule has 1 amide bonds. The third-order valence-electron chi connectivity index (χ3n) is 2.46. The molecule has 14 heavy (non-hydrogen) atoms. The fourth-order valence-electron chi connectivity index (χ4n) is 1.26. The summed E-state index contributed by atoms with van der Waals surface area (Å²) in [6.07, 6.45) is 6.92. The van der Waals surface area contributed by atoms with Crippen LogP contribution >= 0.6 is 0 Å². The fourth-order valence-corrected chi connectivity index (χ4v) is 1.26. The summed E-state index contributed by atoms with van der Waals surface area (Å²) in [5.41, 5.74) is 5.16. The summed E-state index contributed by atoms with van der Waals surface area (Å²) in [6.45, 7) is 1.34. The molecular formula is C9H14N4O. The van der Waals surface area contributed by atoms with Crippen LogP contribution < -0.4 is 11.1 Å². The maximum absolute atomic E-state index is 11.4. The van der Waals surface area contributed by atoms with Gasteiger partial charge >= 0.3 is 0 Å². The molecule has 3 N–H and O–H groups in total. The number of nitrogens with one attached hydrogen (secondary N) is 1. The van der Waals surface area contributed by atoms with Gasteiger partial charge in [0.15, 0.2) is 0 Å². The summed E-state index contributed by atoms with van der Waals surface area (Å²) >= 11 is 0. The molecule has 1 aliphatic rings. The Morgan fingerprint density at radius 1 is 1.64 bits per heavy atom. The van der Waals surface area contributed by atoms with Crippen molar-refractivity contribution >= 4 is 5.91 Å². The Morgan fingerprint density at radius 3 is 3.00 bits per heavy atom. The van der Waals surface area contributed by atoms with E-state index in [-0.39, 0.29) is 5.91 Å². The van der Waals surface area contributed by atoms with Crippen LogP contribution in [0.5, 0.6) is 0 Å². The molecule has 0 atom stereocenters. The van der Waals surface area contributed by atoms with Gasteiger partial charge in [-0.15, -0.1) is 0 Å². The van der Waals surface area contributed by atoms with Crippen molar-refractivity contribution in [2.75, 3.05) is 6.54 Å². The highest BCUT2D eigenvalue weighted by molar-refractivity contribution is 5.88. The molecule has 1 aliphatic carbocycles. The topological polar surface area (TPSA) is 72.9 Å². The van der Waals surface area contributed by atoms with Gasteiger partial charge in [0.1, 0.15) is 0 Å². The maximum Gasteiger partial charge on any atom is 0.240 e. The second-order valence-corrected chi connectivity index (χ2v) is 3.71. The monoisotopic (exact) mass is 194 g/mol. The van der Waals surface area contributed by atoms with E-state index in [1.807, 2.05) is 10.8 Å². The molecule has 0 radical (unpaired) electrons. The van der Waals surface area contributed by atoms with Gasteiger partial charge in [-0.1, -0.05) is 0 Å². The van der Waals surface area contributed by atoms with E-state index in [0.29, 0.717) is 6.54 Å². The van der Waals surface area contributed by atoms with E-state index in [1.54, 1.807) is 12.5 Å². The minimum Gasteiger partial charge on any atom is -0.353 e. The van der Waals surface area contributed by atoms with Gasteiger partial charge in [0.05, 0.1) is 11.9 Å². The smallest absolute Gasteiger partial charge is 0.240 e. The van der Waals surface area contributed by atoms with E-state index in [2.05, 4.69) is 10.3 Å². The van der Waals surface area contributed by atoms with E-state index in [4.69, 9.17) is 5.73 Å². The van der Waals surface area contributed by atoms with Crippen LogP contribution in [-0.4, -0.2) is 27.5 Å². The molecule has 1 saturated carbocycles. The summed E-state index contributed by atoms with van der Waals surface area (Å²) in [6, 6.07) is 0. The second kappa shape index (κ2) is 3.42. The number of hydrogen-bond acceptors (Lipinski definition) is 3. The van der Waals surface area contributed by atoms with E-state index in [1.165, 1.54) is 0 Å². The molecule has 1 aromatic rings. The van der Waals surface area contributed by atoms with Crippen LogP contribution in [0.2, 0.25) is 0 Å². The summed E-state index contributed by atoms with van der Waals surface area (Å²) in [5.74, 6) is -0.0300. The highest BCUT2D eigenvalue weighted by Crippen LogP contribution is 2.31. The molecule has 1 fully saturated rings. The summed E-state index contributed by atoms with van der Waals surface area (Å²) < 4.78 is 1.91. The average Bonchev–Trinajstić information content (AvgIpc) is 2.73. The Morgan fingerprint density at radius 2 is 2.43 bits per heavy atom. The largest absolute Gasteiger partial charge is 0.353 e. The van der Waals surface area contributed by atoms with E-state index < -0.39 is 5.54 Å². The van der Waals surface area contributed by atoms with Crippen LogP contribution in [0, 0.1) is 0 Å². The number of rotatable bonds is 4. The Bertz CT molecular complexity index is 316. The van der Waals surface area contributed by atoms with Gasteiger partial charge in [0.2, 0.25) is 5.91 Å². The number of nitrogens with two attached hydrogens (primary N) is 1. The first kappa shape index (κ1) is 9.21. The SMILES string of the molecule is NC1(C(=O)NCCn2ccnc2)CC1.